The Morgan fingerprint density at radius 1 is 1.45 bits per heavy atom. The van der Waals surface area contributed by atoms with Gasteiger partial charge in [-0.2, -0.15) is 5.10 Å². The SMILES string of the molecule is CNCCc1nc2ccc(C3CCN(C)C3)nn2c1Br. The first kappa shape index (κ1) is 14.0. The fourth-order valence-corrected chi connectivity index (χ4v) is 3.31. The largest absolute Gasteiger partial charge is 0.319 e. The lowest BCUT2D eigenvalue weighted by Gasteiger charge is -2.10. The van der Waals surface area contributed by atoms with Crippen LogP contribution in [0.1, 0.15) is 23.7 Å². The fourth-order valence-electron chi connectivity index (χ4n) is 2.76. The summed E-state index contributed by atoms with van der Waals surface area (Å²) < 4.78 is 2.91. The van der Waals surface area contributed by atoms with Gasteiger partial charge in [0.15, 0.2) is 5.65 Å². The molecule has 0 radical (unpaired) electrons. The molecule has 1 unspecified atom stereocenters. The maximum Gasteiger partial charge on any atom is 0.155 e. The van der Waals surface area contributed by atoms with E-state index >= 15 is 0 Å². The smallest absolute Gasteiger partial charge is 0.155 e. The zero-order valence-electron chi connectivity index (χ0n) is 11.9. The highest BCUT2D eigenvalue weighted by atomic mass is 79.9. The highest BCUT2D eigenvalue weighted by Crippen LogP contribution is 2.26. The van der Waals surface area contributed by atoms with Crippen molar-refractivity contribution in [2.24, 2.45) is 0 Å². The quantitative estimate of drug-likeness (QED) is 0.921. The molecule has 1 aliphatic heterocycles. The third-order valence-electron chi connectivity index (χ3n) is 3.93. The lowest BCUT2D eigenvalue weighted by molar-refractivity contribution is 0.410. The molecule has 1 aliphatic rings. The van der Waals surface area contributed by atoms with Crippen molar-refractivity contribution in [1.29, 1.82) is 0 Å². The van der Waals surface area contributed by atoms with Gasteiger partial charge in [-0.15, -0.1) is 0 Å². The molecule has 0 amide bonds. The predicted molar refractivity (Wildman–Crippen MR) is 83.2 cm³/mol. The van der Waals surface area contributed by atoms with Gasteiger partial charge in [-0.25, -0.2) is 9.50 Å². The van der Waals surface area contributed by atoms with Crippen molar-refractivity contribution >= 4 is 21.6 Å². The molecule has 1 N–H and O–H groups in total. The van der Waals surface area contributed by atoms with Crippen LogP contribution in [-0.2, 0) is 6.42 Å². The second kappa shape index (κ2) is 5.79. The topological polar surface area (TPSA) is 45.5 Å². The molecular weight excluding hydrogens is 318 g/mol. The lowest BCUT2D eigenvalue weighted by Crippen LogP contribution is -2.14. The van der Waals surface area contributed by atoms with E-state index in [1.807, 2.05) is 11.6 Å². The number of imidazole rings is 1. The predicted octanol–water partition coefficient (Wildman–Crippen LogP) is 1.67. The first-order chi connectivity index (χ1) is 9.69. The van der Waals surface area contributed by atoms with Crippen LogP contribution in [0.15, 0.2) is 16.7 Å². The second-order valence-electron chi connectivity index (χ2n) is 5.48. The van der Waals surface area contributed by atoms with Crippen LogP contribution in [0.4, 0.5) is 0 Å². The number of nitrogens with one attached hydrogen (secondary N) is 1. The molecule has 0 aromatic carbocycles. The second-order valence-corrected chi connectivity index (χ2v) is 6.23. The molecule has 108 valence electrons. The minimum Gasteiger partial charge on any atom is -0.319 e. The van der Waals surface area contributed by atoms with E-state index in [4.69, 9.17) is 5.10 Å². The van der Waals surface area contributed by atoms with E-state index in [1.165, 1.54) is 12.1 Å². The number of rotatable bonds is 4. The van der Waals surface area contributed by atoms with E-state index in [0.717, 1.165) is 42.0 Å². The summed E-state index contributed by atoms with van der Waals surface area (Å²) in [5, 5.41) is 7.93. The van der Waals surface area contributed by atoms with Gasteiger partial charge in [-0.05, 0) is 55.1 Å². The van der Waals surface area contributed by atoms with Gasteiger partial charge in [0.25, 0.3) is 0 Å². The van der Waals surface area contributed by atoms with E-state index in [-0.39, 0.29) is 0 Å². The molecule has 1 atom stereocenters. The Bertz CT molecular complexity index is 609. The van der Waals surface area contributed by atoms with Crippen LogP contribution in [0, 0.1) is 0 Å². The molecule has 3 rings (SSSR count). The number of halogens is 1. The van der Waals surface area contributed by atoms with Crippen LogP contribution in [-0.4, -0.2) is 53.2 Å². The van der Waals surface area contributed by atoms with Crippen LogP contribution < -0.4 is 5.32 Å². The molecule has 20 heavy (non-hydrogen) atoms. The minimum atomic E-state index is 0.541. The molecular formula is C14H20BrN5. The zero-order valence-corrected chi connectivity index (χ0v) is 13.5. The van der Waals surface area contributed by atoms with Gasteiger partial charge >= 0.3 is 0 Å². The van der Waals surface area contributed by atoms with Gasteiger partial charge in [0.05, 0.1) is 11.4 Å². The average Bonchev–Trinajstić information content (AvgIpc) is 3.01. The monoisotopic (exact) mass is 337 g/mol. The highest BCUT2D eigenvalue weighted by molar-refractivity contribution is 9.10. The Kier molecular flexibility index (Phi) is 4.05. The van der Waals surface area contributed by atoms with Crippen molar-refractivity contribution in [3.63, 3.8) is 0 Å². The van der Waals surface area contributed by atoms with Gasteiger partial charge in [0, 0.05) is 25.4 Å². The zero-order chi connectivity index (χ0) is 14.1. The summed E-state index contributed by atoms with van der Waals surface area (Å²) in [6, 6.07) is 4.20. The van der Waals surface area contributed by atoms with E-state index in [9.17, 15) is 0 Å². The summed E-state index contributed by atoms with van der Waals surface area (Å²) >= 11 is 3.64. The molecule has 0 saturated carbocycles. The average molecular weight is 338 g/mol. The molecule has 2 aromatic rings. The maximum absolute atomic E-state index is 4.78. The Morgan fingerprint density at radius 2 is 2.30 bits per heavy atom. The van der Waals surface area contributed by atoms with E-state index in [2.05, 4.69) is 50.3 Å². The Balaban J connectivity index is 1.92. The third-order valence-corrected chi connectivity index (χ3v) is 4.72. The molecule has 0 aliphatic carbocycles. The summed E-state index contributed by atoms with van der Waals surface area (Å²) in [6.45, 7) is 3.17. The van der Waals surface area contributed by atoms with Gasteiger partial charge in [0.1, 0.15) is 4.60 Å². The van der Waals surface area contributed by atoms with Gasteiger partial charge < -0.3 is 10.2 Å². The van der Waals surface area contributed by atoms with Crippen molar-refractivity contribution in [3.05, 3.63) is 28.1 Å². The molecule has 5 nitrogen and oxygen atoms in total. The van der Waals surface area contributed by atoms with Crippen molar-refractivity contribution in [1.82, 2.24) is 24.8 Å². The lowest BCUT2D eigenvalue weighted by atomic mass is 10.1. The van der Waals surface area contributed by atoms with Gasteiger partial charge in [0.2, 0.25) is 0 Å². The standard InChI is InChI=1S/C14H20BrN5/c1-16-7-5-12-14(15)20-13(17-12)4-3-11(18-20)10-6-8-19(2)9-10/h3-4,10,16H,5-9H2,1-2H3. The molecule has 3 heterocycles. The summed E-state index contributed by atoms with van der Waals surface area (Å²) in [5.74, 6) is 0.541. The van der Waals surface area contributed by atoms with Crippen molar-refractivity contribution in [3.8, 4) is 0 Å². The summed E-state index contributed by atoms with van der Waals surface area (Å²) in [7, 11) is 4.12. The number of aromatic nitrogens is 3. The van der Waals surface area contributed by atoms with E-state index in [1.54, 1.807) is 0 Å². The molecule has 0 bridgehead atoms. The van der Waals surface area contributed by atoms with Gasteiger partial charge in [-0.1, -0.05) is 0 Å². The number of likely N-dealkylation sites (tertiary alicyclic amines) is 1. The number of hydrogen-bond acceptors (Lipinski definition) is 4. The number of hydrogen-bond donors (Lipinski definition) is 1. The maximum atomic E-state index is 4.78. The van der Waals surface area contributed by atoms with E-state index < -0.39 is 0 Å². The summed E-state index contributed by atoms with van der Waals surface area (Å²) in [4.78, 5) is 6.99. The Morgan fingerprint density at radius 3 is 3.00 bits per heavy atom. The molecule has 2 aromatic heterocycles. The van der Waals surface area contributed by atoms with Crippen LogP contribution >= 0.6 is 15.9 Å². The normalized spacial score (nSPS) is 20.1. The summed E-state index contributed by atoms with van der Waals surface area (Å²) in [5.41, 5.74) is 3.14. The molecule has 1 saturated heterocycles. The number of nitrogens with zero attached hydrogens (tertiary/aromatic N) is 4. The molecule has 0 spiro atoms. The van der Waals surface area contributed by atoms with Crippen LogP contribution in [0.2, 0.25) is 0 Å². The highest BCUT2D eigenvalue weighted by Gasteiger charge is 2.23. The number of likely N-dealkylation sites (N-methyl/N-ethyl adjacent to an activating group) is 2. The Labute approximate surface area is 127 Å². The van der Waals surface area contributed by atoms with Crippen molar-refractivity contribution in [2.45, 2.75) is 18.8 Å². The van der Waals surface area contributed by atoms with Crippen molar-refractivity contribution < 1.29 is 0 Å². The van der Waals surface area contributed by atoms with Gasteiger partial charge in [-0.3, -0.25) is 0 Å². The Hall–Kier alpha value is -0.980. The van der Waals surface area contributed by atoms with Crippen LogP contribution in [0.25, 0.3) is 5.65 Å². The van der Waals surface area contributed by atoms with Crippen LogP contribution in [0.3, 0.4) is 0 Å². The minimum absolute atomic E-state index is 0.541. The molecule has 6 heteroatoms. The molecule has 1 fully saturated rings. The van der Waals surface area contributed by atoms with E-state index in [0.29, 0.717) is 5.92 Å². The van der Waals surface area contributed by atoms with Crippen molar-refractivity contribution in [2.75, 3.05) is 33.7 Å². The summed E-state index contributed by atoms with van der Waals surface area (Å²) in [6.07, 6.45) is 2.09. The van der Waals surface area contributed by atoms with Crippen LogP contribution in [0.5, 0.6) is 0 Å². The fraction of sp³-hybridized carbons (Fsp3) is 0.571. The third kappa shape index (κ3) is 2.60. The first-order valence-electron chi connectivity index (χ1n) is 7.06. The number of fused-ring (bicyclic) bond motifs is 1. The first-order valence-corrected chi connectivity index (χ1v) is 7.85.